The Morgan fingerprint density at radius 2 is 1.56 bits per heavy atom. The minimum atomic E-state index is -0.943. The van der Waals surface area contributed by atoms with E-state index < -0.39 is 10.8 Å². The summed E-state index contributed by atoms with van der Waals surface area (Å²) in [5.74, 6) is 0.587. The Hall–Kier alpha value is -1.41. The number of hydrogen-bond acceptors (Lipinski definition) is 1. The van der Waals surface area contributed by atoms with Crippen molar-refractivity contribution in [1.82, 2.24) is 0 Å². The van der Waals surface area contributed by atoms with Crippen molar-refractivity contribution in [2.45, 2.75) is 17.6 Å². The van der Waals surface area contributed by atoms with E-state index in [1.807, 2.05) is 61.5 Å². The van der Waals surface area contributed by atoms with Crippen LogP contribution in [-0.4, -0.2) is 4.21 Å². The van der Waals surface area contributed by atoms with E-state index in [0.29, 0.717) is 5.75 Å². The van der Waals surface area contributed by atoms with Crippen molar-refractivity contribution in [3.8, 4) is 0 Å². The van der Waals surface area contributed by atoms with E-state index in [-0.39, 0.29) is 0 Å². The molecule has 2 aromatic carbocycles. The van der Waals surface area contributed by atoms with E-state index in [2.05, 4.69) is 0 Å². The van der Waals surface area contributed by atoms with E-state index in [1.165, 1.54) is 5.56 Å². The molecule has 82 valence electrons. The van der Waals surface area contributed by atoms with Crippen LogP contribution in [0.5, 0.6) is 0 Å². The minimum absolute atomic E-state index is 0.587. The average molecular weight is 230 g/mol. The molecule has 2 aromatic rings. The third kappa shape index (κ3) is 2.80. The lowest BCUT2D eigenvalue weighted by Gasteiger charge is -2.02. The van der Waals surface area contributed by atoms with Crippen molar-refractivity contribution < 1.29 is 4.21 Å². The van der Waals surface area contributed by atoms with Crippen LogP contribution in [0.25, 0.3) is 0 Å². The molecule has 0 aromatic heterocycles. The summed E-state index contributed by atoms with van der Waals surface area (Å²) in [6.45, 7) is 2.03. The summed E-state index contributed by atoms with van der Waals surface area (Å²) < 4.78 is 12.0. The van der Waals surface area contributed by atoms with Crippen molar-refractivity contribution in [2.24, 2.45) is 0 Å². The molecule has 16 heavy (non-hydrogen) atoms. The van der Waals surface area contributed by atoms with Gasteiger partial charge in [-0.25, -0.2) is 0 Å². The molecule has 0 aliphatic carbocycles. The molecule has 0 saturated heterocycles. The maximum Gasteiger partial charge on any atom is 0.0574 e. The summed E-state index contributed by atoms with van der Waals surface area (Å²) >= 11 is 0. The smallest absolute Gasteiger partial charge is 0.0574 e. The van der Waals surface area contributed by atoms with Gasteiger partial charge in [0.2, 0.25) is 0 Å². The molecule has 0 bridgehead atoms. The SMILES string of the molecule is Cc1ccc([S@@](=O)Cc2ccccc2)cc1. The van der Waals surface area contributed by atoms with Crippen LogP contribution in [0.4, 0.5) is 0 Å². The summed E-state index contributed by atoms with van der Waals surface area (Å²) in [6.07, 6.45) is 0. The quantitative estimate of drug-likeness (QED) is 0.790. The van der Waals surface area contributed by atoms with Crippen LogP contribution in [0.15, 0.2) is 59.5 Å². The largest absolute Gasteiger partial charge is 0.254 e. The Morgan fingerprint density at radius 3 is 2.19 bits per heavy atom. The first-order valence-electron chi connectivity index (χ1n) is 5.25. The minimum Gasteiger partial charge on any atom is -0.254 e. The van der Waals surface area contributed by atoms with Crippen LogP contribution in [0, 0.1) is 6.92 Å². The summed E-state index contributed by atoms with van der Waals surface area (Å²) in [4.78, 5) is 0.898. The lowest BCUT2D eigenvalue weighted by molar-refractivity contribution is 0.682. The molecule has 0 aliphatic rings. The fraction of sp³-hybridized carbons (Fsp3) is 0.143. The Bertz CT molecular complexity index is 474. The molecular formula is C14H14OS. The summed E-state index contributed by atoms with van der Waals surface area (Å²) in [7, 11) is -0.943. The highest BCUT2D eigenvalue weighted by molar-refractivity contribution is 7.84. The predicted molar refractivity (Wildman–Crippen MR) is 67.7 cm³/mol. The molecule has 0 radical (unpaired) electrons. The van der Waals surface area contributed by atoms with Crippen molar-refractivity contribution in [1.29, 1.82) is 0 Å². The number of rotatable bonds is 3. The fourth-order valence-electron chi connectivity index (χ4n) is 1.50. The number of aryl methyl sites for hydroxylation is 1. The molecular weight excluding hydrogens is 216 g/mol. The van der Waals surface area contributed by atoms with Gasteiger partial charge in [0.15, 0.2) is 0 Å². The van der Waals surface area contributed by atoms with Crippen LogP contribution in [0.3, 0.4) is 0 Å². The second-order valence-corrected chi connectivity index (χ2v) is 5.24. The Balaban J connectivity index is 2.12. The molecule has 2 rings (SSSR count). The Kier molecular flexibility index (Phi) is 3.52. The molecule has 1 nitrogen and oxygen atoms in total. The first-order valence-corrected chi connectivity index (χ1v) is 6.56. The Morgan fingerprint density at radius 1 is 0.938 bits per heavy atom. The van der Waals surface area contributed by atoms with Gasteiger partial charge in [0.25, 0.3) is 0 Å². The second kappa shape index (κ2) is 5.08. The van der Waals surface area contributed by atoms with E-state index in [0.717, 1.165) is 10.5 Å². The van der Waals surface area contributed by atoms with Crippen LogP contribution < -0.4 is 0 Å². The van der Waals surface area contributed by atoms with Gasteiger partial charge in [-0.2, -0.15) is 0 Å². The maximum absolute atomic E-state index is 12.0. The fourth-order valence-corrected chi connectivity index (χ4v) is 2.60. The summed E-state index contributed by atoms with van der Waals surface area (Å²) in [5, 5.41) is 0. The lowest BCUT2D eigenvalue weighted by atomic mass is 10.2. The van der Waals surface area contributed by atoms with Gasteiger partial charge in [-0.1, -0.05) is 48.0 Å². The number of benzene rings is 2. The molecule has 0 spiro atoms. The molecule has 0 N–H and O–H groups in total. The molecule has 0 amide bonds. The van der Waals surface area contributed by atoms with E-state index >= 15 is 0 Å². The highest BCUT2D eigenvalue weighted by Crippen LogP contribution is 2.12. The van der Waals surface area contributed by atoms with Crippen molar-refractivity contribution in [3.05, 3.63) is 65.7 Å². The summed E-state index contributed by atoms with van der Waals surface area (Å²) in [5.41, 5.74) is 2.31. The lowest BCUT2D eigenvalue weighted by Crippen LogP contribution is -1.96. The molecule has 0 saturated carbocycles. The van der Waals surface area contributed by atoms with E-state index in [9.17, 15) is 4.21 Å². The topological polar surface area (TPSA) is 17.1 Å². The molecule has 2 heteroatoms. The molecule has 0 unspecified atom stereocenters. The third-order valence-electron chi connectivity index (χ3n) is 2.42. The molecule has 0 fully saturated rings. The van der Waals surface area contributed by atoms with Crippen molar-refractivity contribution >= 4 is 10.8 Å². The van der Waals surface area contributed by atoms with Crippen molar-refractivity contribution in [2.75, 3.05) is 0 Å². The van der Waals surface area contributed by atoms with Gasteiger partial charge in [0.05, 0.1) is 16.6 Å². The molecule has 0 heterocycles. The molecule has 0 aliphatic heterocycles. The zero-order valence-corrected chi connectivity index (χ0v) is 10.0. The zero-order chi connectivity index (χ0) is 11.4. The molecule has 1 atom stereocenters. The summed E-state index contributed by atoms with van der Waals surface area (Å²) in [6, 6.07) is 17.8. The highest BCUT2D eigenvalue weighted by Gasteiger charge is 2.03. The van der Waals surface area contributed by atoms with Gasteiger partial charge < -0.3 is 0 Å². The first kappa shape index (κ1) is 11.1. The van der Waals surface area contributed by atoms with E-state index in [4.69, 9.17) is 0 Å². The van der Waals surface area contributed by atoms with Gasteiger partial charge in [0.1, 0.15) is 0 Å². The third-order valence-corrected chi connectivity index (χ3v) is 3.82. The standard InChI is InChI=1S/C14H14OS/c1-12-7-9-14(10-8-12)16(15)11-13-5-3-2-4-6-13/h2-10H,11H2,1H3/t16-/m0/s1. The van der Waals surface area contributed by atoms with Gasteiger partial charge in [-0.05, 0) is 24.6 Å². The van der Waals surface area contributed by atoms with Crippen LogP contribution >= 0.6 is 0 Å². The van der Waals surface area contributed by atoms with Crippen LogP contribution in [-0.2, 0) is 16.6 Å². The van der Waals surface area contributed by atoms with E-state index in [1.54, 1.807) is 0 Å². The predicted octanol–water partition coefficient (Wildman–Crippen LogP) is 3.30. The van der Waals surface area contributed by atoms with Gasteiger partial charge in [0, 0.05) is 4.90 Å². The van der Waals surface area contributed by atoms with Crippen LogP contribution in [0.2, 0.25) is 0 Å². The second-order valence-electron chi connectivity index (χ2n) is 3.79. The van der Waals surface area contributed by atoms with Gasteiger partial charge >= 0.3 is 0 Å². The normalized spacial score (nSPS) is 12.3. The van der Waals surface area contributed by atoms with Gasteiger partial charge in [-0.3, -0.25) is 4.21 Å². The van der Waals surface area contributed by atoms with Gasteiger partial charge in [-0.15, -0.1) is 0 Å². The highest BCUT2D eigenvalue weighted by atomic mass is 32.2. The zero-order valence-electron chi connectivity index (χ0n) is 9.22. The van der Waals surface area contributed by atoms with Crippen LogP contribution in [0.1, 0.15) is 11.1 Å². The number of hydrogen-bond donors (Lipinski definition) is 0. The first-order chi connectivity index (χ1) is 7.75. The average Bonchev–Trinajstić information content (AvgIpc) is 2.31. The maximum atomic E-state index is 12.0. The monoisotopic (exact) mass is 230 g/mol. The Labute approximate surface area is 98.6 Å². The van der Waals surface area contributed by atoms with Crippen molar-refractivity contribution in [3.63, 3.8) is 0 Å².